The van der Waals surface area contributed by atoms with Crippen LogP contribution in [0.5, 0.6) is 0 Å². The maximum absolute atomic E-state index is 12.8. The quantitative estimate of drug-likeness (QED) is 0.645. The molecule has 172 valence electrons. The predicted molar refractivity (Wildman–Crippen MR) is 127 cm³/mol. The highest BCUT2D eigenvalue weighted by Crippen LogP contribution is 2.16. The number of carbonyl (C=O) groups is 3. The van der Waals surface area contributed by atoms with Crippen LogP contribution in [0.3, 0.4) is 0 Å². The van der Waals surface area contributed by atoms with E-state index in [-0.39, 0.29) is 24.1 Å². The largest absolute Gasteiger partial charge is 0.340 e. The second kappa shape index (κ2) is 10.3. The van der Waals surface area contributed by atoms with E-state index < -0.39 is 6.04 Å². The number of nitrogens with zero attached hydrogens (tertiary/aromatic N) is 3. The molecule has 2 aliphatic heterocycles. The van der Waals surface area contributed by atoms with Crippen molar-refractivity contribution in [2.45, 2.75) is 25.9 Å². The van der Waals surface area contributed by atoms with Gasteiger partial charge >= 0.3 is 0 Å². The highest BCUT2D eigenvalue weighted by molar-refractivity contribution is 6.06. The van der Waals surface area contributed by atoms with Crippen LogP contribution in [-0.2, 0) is 20.9 Å². The third-order valence-electron chi connectivity index (χ3n) is 5.60. The zero-order chi connectivity index (χ0) is 23.2. The molecule has 0 aliphatic carbocycles. The van der Waals surface area contributed by atoms with Crippen molar-refractivity contribution < 1.29 is 14.4 Å². The summed E-state index contributed by atoms with van der Waals surface area (Å²) in [6.45, 7) is 5.47. The van der Waals surface area contributed by atoms with Crippen molar-refractivity contribution in [1.82, 2.24) is 15.1 Å². The smallest absolute Gasteiger partial charge is 0.249 e. The first-order valence-corrected chi connectivity index (χ1v) is 11.0. The van der Waals surface area contributed by atoms with Crippen molar-refractivity contribution >= 4 is 35.1 Å². The average Bonchev–Trinajstić information content (AvgIpc) is 2.81. The Morgan fingerprint density at radius 1 is 0.970 bits per heavy atom. The molecular formula is C24H28N6O3. The minimum absolute atomic E-state index is 0.00722. The summed E-state index contributed by atoms with van der Waals surface area (Å²) < 4.78 is 0. The number of aliphatic imine (C=N–C) groups is 1. The molecule has 2 aromatic rings. The number of hydrogen-bond donors (Lipinski definition) is 3. The lowest BCUT2D eigenvalue weighted by molar-refractivity contribution is -0.125. The first-order chi connectivity index (χ1) is 16.0. The molecule has 0 aromatic heterocycles. The predicted octanol–water partition coefficient (Wildman–Crippen LogP) is 1.65. The molecule has 4 rings (SSSR count). The molecule has 1 atom stereocenters. The van der Waals surface area contributed by atoms with Crippen molar-refractivity contribution in [3.63, 3.8) is 0 Å². The average molecular weight is 449 g/mol. The highest BCUT2D eigenvalue weighted by Gasteiger charge is 2.30. The molecular weight excluding hydrogens is 420 g/mol. The number of anilines is 2. The molecule has 2 aliphatic rings. The Hall–Kier alpha value is -3.72. The van der Waals surface area contributed by atoms with Crippen LogP contribution in [0.4, 0.5) is 11.4 Å². The zero-order valence-electron chi connectivity index (χ0n) is 18.6. The summed E-state index contributed by atoms with van der Waals surface area (Å²) in [5, 5.41) is 8.31. The Labute approximate surface area is 192 Å². The van der Waals surface area contributed by atoms with Gasteiger partial charge in [-0.1, -0.05) is 30.3 Å². The summed E-state index contributed by atoms with van der Waals surface area (Å²) in [5.41, 5.74) is 2.49. The first-order valence-electron chi connectivity index (χ1n) is 11.0. The summed E-state index contributed by atoms with van der Waals surface area (Å²) in [6, 6.07) is 16.3. The van der Waals surface area contributed by atoms with Gasteiger partial charge in [0.1, 0.15) is 6.04 Å². The van der Waals surface area contributed by atoms with E-state index in [0.29, 0.717) is 17.3 Å². The zero-order valence-corrected chi connectivity index (χ0v) is 18.6. The van der Waals surface area contributed by atoms with Crippen LogP contribution in [0, 0.1) is 0 Å². The number of amides is 3. The van der Waals surface area contributed by atoms with Crippen molar-refractivity contribution in [2.24, 2.45) is 4.99 Å². The fourth-order valence-electron chi connectivity index (χ4n) is 3.91. The van der Waals surface area contributed by atoms with Crippen LogP contribution in [0.25, 0.3) is 0 Å². The van der Waals surface area contributed by atoms with Gasteiger partial charge in [-0.25, -0.2) is 4.99 Å². The minimum atomic E-state index is -0.786. The van der Waals surface area contributed by atoms with Gasteiger partial charge < -0.3 is 15.5 Å². The second-order valence-corrected chi connectivity index (χ2v) is 8.22. The standard InChI is InChI=1S/C24H28N6O3/c1-17(31)25-19-7-9-20(10-8-19)26-23(33)21-15-22(32)28-24(27-21)30-13-11-29(12-14-30)16-18-5-3-2-4-6-18/h2-10,21H,11-16H2,1H3,(H,25,31)(H,26,33)(H,27,28,32)/t21-/m1/s1. The molecule has 0 bridgehead atoms. The Bertz CT molecular complexity index is 1030. The van der Waals surface area contributed by atoms with E-state index in [1.54, 1.807) is 24.3 Å². The molecule has 1 fully saturated rings. The topological polar surface area (TPSA) is 106 Å². The van der Waals surface area contributed by atoms with Crippen LogP contribution in [0.15, 0.2) is 59.6 Å². The highest BCUT2D eigenvalue weighted by atomic mass is 16.2. The molecule has 1 saturated heterocycles. The number of benzene rings is 2. The molecule has 0 unspecified atom stereocenters. The maximum Gasteiger partial charge on any atom is 0.249 e. The molecule has 0 radical (unpaired) electrons. The van der Waals surface area contributed by atoms with E-state index in [1.807, 2.05) is 23.1 Å². The lowest BCUT2D eigenvalue weighted by atomic mass is 10.1. The van der Waals surface area contributed by atoms with Crippen LogP contribution in [-0.4, -0.2) is 65.7 Å². The van der Waals surface area contributed by atoms with Crippen LogP contribution < -0.4 is 16.0 Å². The number of carbonyl (C=O) groups excluding carboxylic acids is 3. The fraction of sp³-hybridized carbons (Fsp3) is 0.333. The van der Waals surface area contributed by atoms with Crippen LogP contribution in [0.1, 0.15) is 18.9 Å². The molecule has 2 heterocycles. The summed E-state index contributed by atoms with van der Waals surface area (Å²) in [7, 11) is 0. The minimum Gasteiger partial charge on any atom is -0.340 e. The van der Waals surface area contributed by atoms with Gasteiger partial charge in [-0.2, -0.15) is 0 Å². The van der Waals surface area contributed by atoms with Gasteiger partial charge in [-0.3, -0.25) is 24.6 Å². The third-order valence-corrected chi connectivity index (χ3v) is 5.60. The van der Waals surface area contributed by atoms with Gasteiger partial charge in [0.05, 0.1) is 6.42 Å². The van der Waals surface area contributed by atoms with Crippen LogP contribution >= 0.6 is 0 Å². The molecule has 9 nitrogen and oxygen atoms in total. The van der Waals surface area contributed by atoms with Gasteiger partial charge in [-0.15, -0.1) is 0 Å². The van der Waals surface area contributed by atoms with E-state index in [9.17, 15) is 14.4 Å². The maximum atomic E-state index is 12.8. The Kier molecular flexibility index (Phi) is 6.99. The van der Waals surface area contributed by atoms with Crippen LogP contribution in [0.2, 0.25) is 0 Å². The molecule has 33 heavy (non-hydrogen) atoms. The summed E-state index contributed by atoms with van der Waals surface area (Å²) in [6.07, 6.45) is 0.00722. The van der Waals surface area contributed by atoms with E-state index in [1.165, 1.54) is 12.5 Å². The molecule has 3 N–H and O–H groups in total. The van der Waals surface area contributed by atoms with Crippen molar-refractivity contribution in [2.75, 3.05) is 36.8 Å². The number of guanidine groups is 1. The number of nitrogens with one attached hydrogen (secondary N) is 3. The van der Waals surface area contributed by atoms with Gasteiger partial charge in [0.2, 0.25) is 23.7 Å². The van der Waals surface area contributed by atoms with Crippen molar-refractivity contribution in [1.29, 1.82) is 0 Å². The number of rotatable bonds is 5. The monoisotopic (exact) mass is 448 g/mol. The van der Waals surface area contributed by atoms with Crippen molar-refractivity contribution in [3.05, 3.63) is 60.2 Å². The summed E-state index contributed by atoms with van der Waals surface area (Å²) in [5.74, 6) is -0.250. The number of piperazine rings is 1. The fourth-order valence-corrected chi connectivity index (χ4v) is 3.91. The molecule has 0 saturated carbocycles. The first kappa shape index (κ1) is 22.5. The Morgan fingerprint density at radius 2 is 1.61 bits per heavy atom. The third kappa shape index (κ3) is 6.17. The van der Waals surface area contributed by atoms with E-state index in [4.69, 9.17) is 0 Å². The van der Waals surface area contributed by atoms with Gasteiger partial charge in [0.15, 0.2) is 0 Å². The molecule has 3 amide bonds. The van der Waals surface area contributed by atoms with Gasteiger partial charge in [0, 0.05) is 51.0 Å². The van der Waals surface area contributed by atoms with E-state index >= 15 is 0 Å². The normalized spacial score (nSPS) is 18.8. The van der Waals surface area contributed by atoms with Gasteiger partial charge in [0.25, 0.3) is 0 Å². The lowest BCUT2D eigenvalue weighted by Gasteiger charge is -2.37. The van der Waals surface area contributed by atoms with Crippen molar-refractivity contribution in [3.8, 4) is 0 Å². The molecule has 9 heteroatoms. The van der Waals surface area contributed by atoms with E-state index in [2.05, 4.69) is 38.0 Å². The summed E-state index contributed by atoms with van der Waals surface area (Å²) >= 11 is 0. The van der Waals surface area contributed by atoms with E-state index in [0.717, 1.165) is 32.7 Å². The number of hydrogen-bond acceptors (Lipinski definition) is 6. The Balaban J connectivity index is 1.34. The van der Waals surface area contributed by atoms with Gasteiger partial charge in [-0.05, 0) is 29.8 Å². The second-order valence-electron chi connectivity index (χ2n) is 8.22. The molecule has 0 spiro atoms. The Morgan fingerprint density at radius 3 is 2.24 bits per heavy atom. The molecule has 2 aromatic carbocycles. The summed E-state index contributed by atoms with van der Waals surface area (Å²) in [4.78, 5) is 45.1. The lowest BCUT2D eigenvalue weighted by Crippen LogP contribution is -2.56. The SMILES string of the molecule is CC(=O)Nc1ccc(NC(=O)[C@H]2CC(=O)NC(N3CCN(Cc4ccccc4)CC3)=N2)cc1.